The zero-order valence-corrected chi connectivity index (χ0v) is 13.4. The Morgan fingerprint density at radius 2 is 2.00 bits per heavy atom. The predicted octanol–water partition coefficient (Wildman–Crippen LogP) is 3.28. The largest absolute Gasteiger partial charge is 0.352 e. The predicted molar refractivity (Wildman–Crippen MR) is 84.8 cm³/mol. The van der Waals surface area contributed by atoms with Crippen molar-refractivity contribution in [3.63, 3.8) is 0 Å². The van der Waals surface area contributed by atoms with Gasteiger partial charge < -0.3 is 5.32 Å². The van der Waals surface area contributed by atoms with Crippen LogP contribution in [-0.2, 0) is 6.54 Å². The number of hydrogen-bond acceptors (Lipinski definition) is 2. The van der Waals surface area contributed by atoms with Crippen molar-refractivity contribution in [1.82, 2.24) is 15.1 Å². The maximum atomic E-state index is 12.0. The average molecular weight is 306 g/mol. The first-order valence-electron chi connectivity index (χ1n) is 7.04. The first-order chi connectivity index (χ1) is 10.0. The van der Waals surface area contributed by atoms with Crippen LogP contribution >= 0.6 is 11.6 Å². The highest BCUT2D eigenvalue weighted by molar-refractivity contribution is 6.31. The second kappa shape index (κ2) is 6.76. The molecule has 2 aromatic rings. The number of hydrogen-bond donors (Lipinski definition) is 1. The zero-order valence-electron chi connectivity index (χ0n) is 12.6. The average Bonchev–Trinajstić information content (AvgIpc) is 2.71. The molecule has 0 aliphatic carbocycles. The van der Waals surface area contributed by atoms with Gasteiger partial charge in [-0.25, -0.2) is 0 Å². The van der Waals surface area contributed by atoms with E-state index in [9.17, 15) is 4.79 Å². The number of carbonyl (C=O) groups is 1. The molecule has 1 N–H and O–H groups in total. The van der Waals surface area contributed by atoms with Crippen molar-refractivity contribution in [3.05, 3.63) is 51.8 Å². The fourth-order valence-corrected chi connectivity index (χ4v) is 2.38. The van der Waals surface area contributed by atoms with Crippen LogP contribution in [0.25, 0.3) is 0 Å². The summed E-state index contributed by atoms with van der Waals surface area (Å²) in [6, 6.07) is 7.58. The molecular formula is C16H20ClN3O. The normalized spacial score (nSPS) is 10.7. The molecule has 112 valence electrons. The Morgan fingerprint density at radius 1 is 1.29 bits per heavy atom. The number of amides is 1. The molecule has 1 aromatic heterocycles. The number of carbonyl (C=O) groups excluding carboxylic acids is 1. The molecular weight excluding hydrogens is 286 g/mol. The fraction of sp³-hybridized carbons (Fsp3) is 0.375. The second-order valence-corrected chi connectivity index (χ2v) is 5.51. The molecule has 0 aliphatic heterocycles. The number of nitrogens with one attached hydrogen (secondary N) is 1. The Morgan fingerprint density at radius 3 is 2.62 bits per heavy atom. The van der Waals surface area contributed by atoms with Crippen LogP contribution in [0.5, 0.6) is 0 Å². The van der Waals surface area contributed by atoms with E-state index < -0.39 is 0 Å². The molecule has 21 heavy (non-hydrogen) atoms. The summed E-state index contributed by atoms with van der Waals surface area (Å²) in [5.74, 6) is -0.0282. The lowest BCUT2D eigenvalue weighted by Crippen LogP contribution is -2.26. The Labute approximate surface area is 130 Å². The number of aryl methyl sites for hydroxylation is 3. The topological polar surface area (TPSA) is 46.9 Å². The first kappa shape index (κ1) is 15.6. The van der Waals surface area contributed by atoms with Crippen LogP contribution in [0.2, 0.25) is 5.02 Å². The summed E-state index contributed by atoms with van der Waals surface area (Å²) in [5.41, 5.74) is 3.53. The Hall–Kier alpha value is -1.81. The summed E-state index contributed by atoms with van der Waals surface area (Å²) in [5, 5.41) is 8.03. The van der Waals surface area contributed by atoms with Crippen LogP contribution in [0.1, 0.15) is 33.7 Å². The van der Waals surface area contributed by atoms with E-state index in [1.54, 1.807) is 0 Å². The van der Waals surface area contributed by atoms with Gasteiger partial charge in [0, 0.05) is 18.7 Å². The van der Waals surface area contributed by atoms with E-state index in [1.165, 1.54) is 0 Å². The zero-order chi connectivity index (χ0) is 15.4. The molecule has 2 rings (SSSR count). The van der Waals surface area contributed by atoms with E-state index in [0.717, 1.165) is 40.5 Å². The summed E-state index contributed by atoms with van der Waals surface area (Å²) in [6.45, 7) is 7.14. The maximum Gasteiger partial charge on any atom is 0.251 e. The van der Waals surface area contributed by atoms with Gasteiger partial charge >= 0.3 is 0 Å². The summed E-state index contributed by atoms with van der Waals surface area (Å²) in [4.78, 5) is 12.0. The van der Waals surface area contributed by atoms with E-state index in [4.69, 9.17) is 11.6 Å². The number of benzene rings is 1. The molecule has 0 fully saturated rings. The van der Waals surface area contributed by atoms with Crippen LogP contribution < -0.4 is 5.32 Å². The van der Waals surface area contributed by atoms with E-state index in [-0.39, 0.29) is 5.91 Å². The van der Waals surface area contributed by atoms with Gasteiger partial charge in [-0.1, -0.05) is 29.8 Å². The maximum absolute atomic E-state index is 12.0. The quantitative estimate of drug-likeness (QED) is 0.862. The van der Waals surface area contributed by atoms with Crippen molar-refractivity contribution >= 4 is 17.5 Å². The monoisotopic (exact) mass is 305 g/mol. The summed E-state index contributed by atoms with van der Waals surface area (Å²) in [6.07, 6.45) is 0.815. The molecule has 1 aromatic carbocycles. The highest BCUT2D eigenvalue weighted by atomic mass is 35.5. The Balaban J connectivity index is 1.84. The minimum absolute atomic E-state index is 0.0282. The molecule has 0 saturated heterocycles. The Kier molecular flexibility index (Phi) is 5.02. The standard InChI is InChI=1S/C16H20ClN3O/c1-11-7-4-5-8-14(11)16(21)18-9-6-10-20-13(3)15(17)12(2)19-20/h4-5,7-8H,6,9-10H2,1-3H3,(H,18,21). The number of aromatic nitrogens is 2. The summed E-state index contributed by atoms with van der Waals surface area (Å²) >= 11 is 6.11. The Bertz CT molecular complexity index is 649. The van der Waals surface area contributed by atoms with Gasteiger partial charge in [-0.05, 0) is 38.8 Å². The lowest BCUT2D eigenvalue weighted by molar-refractivity contribution is 0.0952. The highest BCUT2D eigenvalue weighted by Gasteiger charge is 2.09. The van der Waals surface area contributed by atoms with Gasteiger partial charge in [0.05, 0.1) is 16.4 Å². The van der Waals surface area contributed by atoms with Gasteiger partial charge in [0.1, 0.15) is 0 Å². The van der Waals surface area contributed by atoms with E-state index >= 15 is 0 Å². The molecule has 0 saturated carbocycles. The molecule has 1 heterocycles. The highest BCUT2D eigenvalue weighted by Crippen LogP contribution is 2.18. The molecule has 0 atom stereocenters. The van der Waals surface area contributed by atoms with Crippen molar-refractivity contribution < 1.29 is 4.79 Å². The van der Waals surface area contributed by atoms with Crippen LogP contribution in [0.15, 0.2) is 24.3 Å². The lowest BCUT2D eigenvalue weighted by Gasteiger charge is -2.08. The van der Waals surface area contributed by atoms with Gasteiger partial charge in [0.15, 0.2) is 0 Å². The SMILES string of the molecule is Cc1ccccc1C(=O)NCCCn1nc(C)c(Cl)c1C. The number of nitrogens with zero attached hydrogens (tertiary/aromatic N) is 2. The third-order valence-electron chi connectivity index (χ3n) is 3.52. The van der Waals surface area contributed by atoms with Crippen molar-refractivity contribution in [2.45, 2.75) is 33.7 Å². The van der Waals surface area contributed by atoms with Crippen molar-refractivity contribution in [2.24, 2.45) is 0 Å². The van der Waals surface area contributed by atoms with Crippen LogP contribution in [0.3, 0.4) is 0 Å². The molecule has 5 heteroatoms. The molecule has 0 aliphatic rings. The summed E-state index contributed by atoms with van der Waals surface area (Å²) < 4.78 is 1.89. The minimum Gasteiger partial charge on any atom is -0.352 e. The minimum atomic E-state index is -0.0282. The molecule has 0 spiro atoms. The van der Waals surface area contributed by atoms with Crippen LogP contribution in [-0.4, -0.2) is 22.2 Å². The van der Waals surface area contributed by atoms with Crippen LogP contribution in [0.4, 0.5) is 0 Å². The van der Waals surface area contributed by atoms with Crippen molar-refractivity contribution in [2.75, 3.05) is 6.54 Å². The van der Waals surface area contributed by atoms with E-state index in [1.807, 2.05) is 49.7 Å². The van der Waals surface area contributed by atoms with Gasteiger partial charge in [0.25, 0.3) is 5.91 Å². The first-order valence-corrected chi connectivity index (χ1v) is 7.42. The lowest BCUT2D eigenvalue weighted by atomic mass is 10.1. The van der Waals surface area contributed by atoms with Gasteiger partial charge in [-0.15, -0.1) is 0 Å². The second-order valence-electron chi connectivity index (χ2n) is 5.13. The van der Waals surface area contributed by atoms with Crippen LogP contribution in [0, 0.1) is 20.8 Å². The van der Waals surface area contributed by atoms with Gasteiger partial charge in [-0.3, -0.25) is 9.48 Å². The molecule has 4 nitrogen and oxygen atoms in total. The van der Waals surface area contributed by atoms with E-state index in [2.05, 4.69) is 10.4 Å². The van der Waals surface area contributed by atoms with Gasteiger partial charge in [-0.2, -0.15) is 5.10 Å². The number of rotatable bonds is 5. The van der Waals surface area contributed by atoms with Crippen molar-refractivity contribution in [3.8, 4) is 0 Å². The smallest absolute Gasteiger partial charge is 0.251 e. The number of halogens is 1. The summed E-state index contributed by atoms with van der Waals surface area (Å²) in [7, 11) is 0. The third kappa shape index (κ3) is 3.64. The van der Waals surface area contributed by atoms with E-state index in [0.29, 0.717) is 6.54 Å². The third-order valence-corrected chi connectivity index (χ3v) is 4.06. The molecule has 0 radical (unpaired) electrons. The molecule has 0 bridgehead atoms. The van der Waals surface area contributed by atoms with Crippen molar-refractivity contribution in [1.29, 1.82) is 0 Å². The molecule has 0 unspecified atom stereocenters. The fourth-order valence-electron chi connectivity index (χ4n) is 2.25. The van der Waals surface area contributed by atoms with Gasteiger partial charge in [0.2, 0.25) is 0 Å². The molecule has 1 amide bonds.